The van der Waals surface area contributed by atoms with E-state index in [-0.39, 0.29) is 5.91 Å². The van der Waals surface area contributed by atoms with E-state index in [0.29, 0.717) is 12.1 Å². The van der Waals surface area contributed by atoms with Gasteiger partial charge in [-0.15, -0.1) is 0 Å². The van der Waals surface area contributed by atoms with Gasteiger partial charge in [-0.05, 0) is 54.8 Å². The Balaban J connectivity index is 1.46. The molecule has 0 aliphatic rings. The Morgan fingerprint density at radius 3 is 2.67 bits per heavy atom. The van der Waals surface area contributed by atoms with Crippen molar-refractivity contribution in [2.75, 3.05) is 6.54 Å². The van der Waals surface area contributed by atoms with Gasteiger partial charge in [0, 0.05) is 29.5 Å². The summed E-state index contributed by atoms with van der Waals surface area (Å²) in [5, 5.41) is 3.01. The van der Waals surface area contributed by atoms with Crippen molar-refractivity contribution in [3.8, 4) is 0 Å². The smallest absolute Gasteiger partial charge is 0.251 e. The summed E-state index contributed by atoms with van der Waals surface area (Å²) in [5.41, 5.74) is 5.40. The highest BCUT2D eigenvalue weighted by Gasteiger charge is 2.12. The van der Waals surface area contributed by atoms with Crippen LogP contribution in [0.5, 0.6) is 0 Å². The molecule has 0 fully saturated rings. The number of amides is 1. The fourth-order valence-corrected chi connectivity index (χ4v) is 4.03. The fraction of sp³-hybridized carbons (Fsp3) is 0.200. The van der Waals surface area contributed by atoms with Crippen LogP contribution in [-0.4, -0.2) is 22.0 Å². The van der Waals surface area contributed by atoms with Crippen LogP contribution in [0, 0.1) is 6.92 Å². The number of hydrogen-bond donors (Lipinski definition) is 1. The summed E-state index contributed by atoms with van der Waals surface area (Å²) in [4.78, 5) is 17.2. The zero-order valence-electron chi connectivity index (χ0n) is 16.9. The first-order chi connectivity index (χ1) is 14.6. The summed E-state index contributed by atoms with van der Waals surface area (Å²) in [6, 6.07) is 24.2. The molecule has 0 unspecified atom stereocenters. The predicted molar refractivity (Wildman–Crippen MR) is 125 cm³/mol. The van der Waals surface area contributed by atoms with E-state index in [1.165, 1.54) is 11.1 Å². The maximum Gasteiger partial charge on any atom is 0.251 e. The molecule has 4 aromatic rings. The van der Waals surface area contributed by atoms with E-state index in [4.69, 9.17) is 4.98 Å². The summed E-state index contributed by atoms with van der Waals surface area (Å²) >= 11 is 3.41. The highest BCUT2D eigenvalue weighted by Crippen LogP contribution is 2.20. The van der Waals surface area contributed by atoms with Crippen molar-refractivity contribution in [1.29, 1.82) is 0 Å². The zero-order chi connectivity index (χ0) is 20.9. The molecule has 0 radical (unpaired) electrons. The number of rotatable bonds is 7. The van der Waals surface area contributed by atoms with E-state index in [2.05, 4.69) is 75.2 Å². The van der Waals surface area contributed by atoms with Gasteiger partial charge in [-0.2, -0.15) is 0 Å². The first-order valence-electron chi connectivity index (χ1n) is 10.1. The normalized spacial score (nSPS) is 11.0. The SMILES string of the molecule is Cc1ccccc1Cn1c(CCCNC(=O)c2cccc(Br)c2)nc2ccccc21. The second kappa shape index (κ2) is 9.26. The molecule has 0 saturated carbocycles. The Kier molecular flexibility index (Phi) is 6.29. The molecule has 0 aliphatic heterocycles. The lowest BCUT2D eigenvalue weighted by Gasteiger charge is -2.12. The average Bonchev–Trinajstić information content (AvgIpc) is 3.10. The standard InChI is InChI=1S/C25H24BrN3O/c1-18-8-2-3-9-20(18)17-29-23-13-5-4-12-22(23)28-24(29)14-7-15-27-25(30)19-10-6-11-21(26)16-19/h2-6,8-13,16H,7,14-15,17H2,1H3,(H,27,30). The maximum atomic E-state index is 12.3. The molecule has 0 saturated heterocycles. The number of nitrogens with one attached hydrogen (secondary N) is 1. The van der Waals surface area contributed by atoms with Gasteiger partial charge in [0.25, 0.3) is 5.91 Å². The molecule has 0 bridgehead atoms. The van der Waals surface area contributed by atoms with Crippen molar-refractivity contribution in [2.45, 2.75) is 26.3 Å². The lowest BCUT2D eigenvalue weighted by atomic mass is 10.1. The van der Waals surface area contributed by atoms with Gasteiger partial charge in [-0.3, -0.25) is 4.79 Å². The summed E-state index contributed by atoms with van der Waals surface area (Å²) in [5.74, 6) is 1.00. The summed E-state index contributed by atoms with van der Waals surface area (Å²) in [6.45, 7) is 3.55. The fourth-order valence-electron chi connectivity index (χ4n) is 3.63. The molecule has 4 rings (SSSR count). The third-order valence-corrected chi connectivity index (χ3v) is 5.77. The van der Waals surface area contributed by atoms with Crippen LogP contribution in [-0.2, 0) is 13.0 Å². The van der Waals surface area contributed by atoms with Gasteiger partial charge in [-0.1, -0.05) is 58.4 Å². The minimum atomic E-state index is -0.0512. The van der Waals surface area contributed by atoms with Crippen molar-refractivity contribution in [3.63, 3.8) is 0 Å². The van der Waals surface area contributed by atoms with Crippen molar-refractivity contribution < 1.29 is 4.79 Å². The quantitative estimate of drug-likeness (QED) is 0.368. The van der Waals surface area contributed by atoms with Crippen LogP contribution in [0.2, 0.25) is 0 Å². The monoisotopic (exact) mass is 461 g/mol. The van der Waals surface area contributed by atoms with Gasteiger partial charge in [0.15, 0.2) is 0 Å². The molecule has 5 heteroatoms. The van der Waals surface area contributed by atoms with E-state index in [0.717, 1.165) is 40.7 Å². The van der Waals surface area contributed by atoms with Crippen molar-refractivity contribution >= 4 is 32.9 Å². The van der Waals surface area contributed by atoms with E-state index in [1.807, 2.05) is 30.3 Å². The topological polar surface area (TPSA) is 46.9 Å². The van der Waals surface area contributed by atoms with Gasteiger partial charge < -0.3 is 9.88 Å². The summed E-state index contributed by atoms with van der Waals surface area (Å²) < 4.78 is 3.20. The van der Waals surface area contributed by atoms with Crippen molar-refractivity contribution in [2.24, 2.45) is 0 Å². The number of aromatic nitrogens is 2. The molecule has 1 amide bonds. The van der Waals surface area contributed by atoms with Crippen molar-refractivity contribution in [3.05, 3.63) is 99.8 Å². The lowest BCUT2D eigenvalue weighted by Crippen LogP contribution is -2.25. The van der Waals surface area contributed by atoms with Crippen LogP contribution in [0.4, 0.5) is 0 Å². The van der Waals surface area contributed by atoms with E-state index in [9.17, 15) is 4.79 Å². The number of nitrogens with zero attached hydrogens (tertiary/aromatic N) is 2. The lowest BCUT2D eigenvalue weighted by molar-refractivity contribution is 0.0953. The predicted octanol–water partition coefficient (Wildman–Crippen LogP) is 5.52. The third-order valence-electron chi connectivity index (χ3n) is 5.27. The Morgan fingerprint density at radius 1 is 1.03 bits per heavy atom. The van der Waals surface area contributed by atoms with Gasteiger partial charge in [-0.25, -0.2) is 4.98 Å². The molecule has 1 heterocycles. The van der Waals surface area contributed by atoms with Gasteiger partial charge in [0.1, 0.15) is 5.82 Å². The molecule has 1 N–H and O–H groups in total. The number of benzene rings is 3. The molecule has 0 atom stereocenters. The number of para-hydroxylation sites is 2. The van der Waals surface area contributed by atoms with E-state index in [1.54, 1.807) is 0 Å². The van der Waals surface area contributed by atoms with E-state index >= 15 is 0 Å². The number of carbonyl (C=O) groups is 1. The average molecular weight is 462 g/mol. The maximum absolute atomic E-state index is 12.3. The Bertz CT molecular complexity index is 1180. The minimum Gasteiger partial charge on any atom is -0.352 e. The Labute approximate surface area is 185 Å². The number of halogens is 1. The van der Waals surface area contributed by atoms with E-state index < -0.39 is 0 Å². The molecule has 0 spiro atoms. The van der Waals surface area contributed by atoms with Crippen LogP contribution < -0.4 is 5.32 Å². The molecule has 1 aromatic heterocycles. The number of aryl methyl sites for hydroxylation is 2. The minimum absolute atomic E-state index is 0.0512. The molecular formula is C25H24BrN3O. The first-order valence-corrected chi connectivity index (χ1v) is 10.9. The van der Waals surface area contributed by atoms with Crippen LogP contribution in [0.1, 0.15) is 33.7 Å². The largest absolute Gasteiger partial charge is 0.352 e. The number of hydrogen-bond acceptors (Lipinski definition) is 2. The Hall–Kier alpha value is -2.92. The van der Waals surface area contributed by atoms with Crippen LogP contribution in [0.25, 0.3) is 11.0 Å². The second-order valence-corrected chi connectivity index (χ2v) is 8.31. The molecule has 3 aromatic carbocycles. The molecule has 0 aliphatic carbocycles. The molecule has 30 heavy (non-hydrogen) atoms. The second-order valence-electron chi connectivity index (χ2n) is 7.40. The van der Waals surface area contributed by atoms with Crippen LogP contribution in [0.3, 0.4) is 0 Å². The van der Waals surface area contributed by atoms with Crippen molar-refractivity contribution in [1.82, 2.24) is 14.9 Å². The van der Waals surface area contributed by atoms with Gasteiger partial charge in [0.2, 0.25) is 0 Å². The molecule has 4 nitrogen and oxygen atoms in total. The number of carbonyl (C=O) groups excluding carboxylic acids is 1. The highest BCUT2D eigenvalue weighted by molar-refractivity contribution is 9.10. The van der Waals surface area contributed by atoms with Gasteiger partial charge >= 0.3 is 0 Å². The number of fused-ring (bicyclic) bond motifs is 1. The van der Waals surface area contributed by atoms with Crippen LogP contribution >= 0.6 is 15.9 Å². The molecular weight excluding hydrogens is 438 g/mol. The first kappa shape index (κ1) is 20.4. The highest BCUT2D eigenvalue weighted by atomic mass is 79.9. The third kappa shape index (κ3) is 4.62. The zero-order valence-corrected chi connectivity index (χ0v) is 18.5. The van der Waals surface area contributed by atoms with Crippen LogP contribution in [0.15, 0.2) is 77.3 Å². The number of imidazole rings is 1. The Morgan fingerprint density at radius 2 is 1.83 bits per heavy atom. The summed E-state index contributed by atoms with van der Waals surface area (Å²) in [6.07, 6.45) is 1.64. The molecule has 152 valence electrons. The summed E-state index contributed by atoms with van der Waals surface area (Å²) in [7, 11) is 0. The van der Waals surface area contributed by atoms with Gasteiger partial charge in [0.05, 0.1) is 11.0 Å².